The van der Waals surface area contributed by atoms with E-state index in [1.54, 1.807) is 44.4 Å². The van der Waals surface area contributed by atoms with Crippen LogP contribution in [0.15, 0.2) is 28.5 Å². The van der Waals surface area contributed by atoms with Crippen LogP contribution in [-0.4, -0.2) is 35.6 Å². The quantitative estimate of drug-likeness (QED) is 0.597. The second kappa shape index (κ2) is 6.60. The Labute approximate surface area is 165 Å². The Bertz CT molecular complexity index is 1160. The van der Waals surface area contributed by atoms with E-state index >= 15 is 0 Å². The molecule has 0 fully saturated rings. The number of hydrogen-bond acceptors (Lipinski definition) is 7. The second-order valence-corrected chi connectivity index (χ2v) is 8.84. The van der Waals surface area contributed by atoms with Crippen molar-refractivity contribution in [1.82, 2.24) is 15.2 Å². The molecule has 0 radical (unpaired) electrons. The third-order valence-electron chi connectivity index (χ3n) is 4.26. The highest BCUT2D eigenvalue weighted by Gasteiger charge is 2.25. The van der Waals surface area contributed by atoms with Gasteiger partial charge in [0.1, 0.15) is 10.6 Å². The number of H-pyrrole nitrogens is 1. The molecule has 11 heteroatoms. The van der Waals surface area contributed by atoms with E-state index in [9.17, 15) is 13.2 Å². The molecule has 3 N–H and O–H groups in total. The summed E-state index contributed by atoms with van der Waals surface area (Å²) < 4.78 is 33.3. The summed E-state index contributed by atoms with van der Waals surface area (Å²) in [6.45, 7) is 4.94. The number of aromatic amines is 1. The van der Waals surface area contributed by atoms with E-state index in [1.165, 1.54) is 11.3 Å². The molecule has 1 aliphatic rings. The van der Waals surface area contributed by atoms with Gasteiger partial charge in [-0.15, -0.1) is 11.3 Å². The maximum Gasteiger partial charge on any atom is 0.267 e. The lowest BCUT2D eigenvalue weighted by Crippen LogP contribution is -2.34. The van der Waals surface area contributed by atoms with E-state index in [4.69, 9.17) is 4.74 Å². The lowest BCUT2D eigenvalue weighted by atomic mass is 10.1. The number of hydrogen-bond donors (Lipinski definition) is 3. The number of aryl methyl sites for hydroxylation is 2. The van der Waals surface area contributed by atoms with Gasteiger partial charge in [-0.25, -0.2) is 13.4 Å². The monoisotopic (exact) mass is 419 g/mol. The fourth-order valence-electron chi connectivity index (χ4n) is 2.92. The van der Waals surface area contributed by atoms with Crippen molar-refractivity contribution in [2.45, 2.75) is 31.8 Å². The molecule has 0 spiro atoms. The van der Waals surface area contributed by atoms with Crippen molar-refractivity contribution >= 4 is 38.1 Å². The molecule has 2 aromatic heterocycles. The van der Waals surface area contributed by atoms with Crippen LogP contribution in [0.2, 0.25) is 0 Å². The number of nitrogens with one attached hydrogen (secondary N) is 3. The maximum atomic E-state index is 12.6. The summed E-state index contributed by atoms with van der Waals surface area (Å²) in [5, 5.41) is 11.3. The van der Waals surface area contributed by atoms with E-state index in [0.717, 1.165) is 5.56 Å². The smallest absolute Gasteiger partial charge is 0.267 e. The maximum absolute atomic E-state index is 12.6. The molecule has 146 valence electrons. The first-order chi connectivity index (χ1) is 13.2. The summed E-state index contributed by atoms with van der Waals surface area (Å²) in [4.78, 5) is 16.3. The number of carbonyl (C=O) groups excluding carboxylic acids is 1. The summed E-state index contributed by atoms with van der Waals surface area (Å²) in [5.74, 6) is 0.361. The van der Waals surface area contributed by atoms with E-state index in [-0.39, 0.29) is 15.9 Å². The standard InChI is InChI=1S/C17H17N5O4S2/c1-8-15(9(2)21-20-8)28(24,25)22-17-19-13(7-27-17)11-4-5-14-12(6-11)18-16(23)10(3)26-14/h4-7,10H,1-3H3,(H,18,23)(H,19,22)(H,20,21). The molecule has 0 saturated carbocycles. The molecule has 1 aliphatic heterocycles. The summed E-state index contributed by atoms with van der Waals surface area (Å²) in [6, 6.07) is 5.31. The van der Waals surface area contributed by atoms with Crippen LogP contribution >= 0.6 is 11.3 Å². The predicted molar refractivity (Wildman–Crippen MR) is 105 cm³/mol. The molecule has 0 saturated heterocycles. The number of ether oxygens (including phenoxy) is 1. The zero-order chi connectivity index (χ0) is 20.1. The summed E-state index contributed by atoms with van der Waals surface area (Å²) in [7, 11) is -3.80. The SMILES string of the molecule is Cc1n[nH]c(C)c1S(=O)(=O)Nc1nc(-c2ccc3c(c2)NC(=O)C(C)O3)cs1. The molecule has 4 rings (SSSR count). The van der Waals surface area contributed by atoms with Crippen molar-refractivity contribution in [3.05, 3.63) is 35.0 Å². The average molecular weight is 419 g/mol. The number of rotatable bonds is 4. The van der Waals surface area contributed by atoms with E-state index < -0.39 is 16.1 Å². The number of amides is 1. The lowest BCUT2D eigenvalue weighted by molar-refractivity contribution is -0.122. The number of fused-ring (bicyclic) bond motifs is 1. The Morgan fingerprint density at radius 3 is 2.79 bits per heavy atom. The normalized spacial score (nSPS) is 16.2. The van der Waals surface area contributed by atoms with Gasteiger partial charge < -0.3 is 10.1 Å². The summed E-state index contributed by atoms with van der Waals surface area (Å²) >= 11 is 1.17. The number of carbonyl (C=O) groups is 1. The molecule has 3 heterocycles. The Hall–Kier alpha value is -2.92. The van der Waals surface area contributed by atoms with Gasteiger partial charge in [0, 0.05) is 10.9 Å². The first-order valence-corrected chi connectivity index (χ1v) is 10.7. The molecule has 28 heavy (non-hydrogen) atoms. The van der Waals surface area contributed by atoms with Crippen molar-refractivity contribution in [2.24, 2.45) is 0 Å². The van der Waals surface area contributed by atoms with Crippen LogP contribution < -0.4 is 14.8 Å². The molecule has 0 bridgehead atoms. The van der Waals surface area contributed by atoms with E-state index in [0.29, 0.717) is 28.5 Å². The molecule has 9 nitrogen and oxygen atoms in total. The van der Waals surface area contributed by atoms with Gasteiger partial charge in [0.2, 0.25) is 0 Å². The Balaban J connectivity index is 1.60. The van der Waals surface area contributed by atoms with E-state index in [1.807, 2.05) is 0 Å². The van der Waals surface area contributed by atoms with Gasteiger partial charge in [0.25, 0.3) is 15.9 Å². The van der Waals surface area contributed by atoms with Crippen molar-refractivity contribution < 1.29 is 17.9 Å². The van der Waals surface area contributed by atoms with Crippen LogP contribution in [0.25, 0.3) is 11.3 Å². The topological polar surface area (TPSA) is 126 Å². The Morgan fingerprint density at radius 2 is 2.07 bits per heavy atom. The van der Waals surface area contributed by atoms with Crippen LogP contribution in [0.3, 0.4) is 0 Å². The zero-order valence-corrected chi connectivity index (χ0v) is 16.9. The van der Waals surface area contributed by atoms with Gasteiger partial charge in [-0.3, -0.25) is 14.6 Å². The van der Waals surface area contributed by atoms with Gasteiger partial charge in [-0.05, 0) is 39.0 Å². The average Bonchev–Trinajstić information content (AvgIpc) is 3.21. The minimum atomic E-state index is -3.80. The predicted octanol–water partition coefficient (Wildman–Crippen LogP) is 2.67. The Morgan fingerprint density at radius 1 is 1.29 bits per heavy atom. The summed E-state index contributed by atoms with van der Waals surface area (Å²) in [5.41, 5.74) is 2.72. The number of aromatic nitrogens is 3. The summed E-state index contributed by atoms with van der Waals surface area (Å²) in [6.07, 6.45) is -0.548. The highest BCUT2D eigenvalue weighted by Crippen LogP contribution is 2.35. The van der Waals surface area contributed by atoms with Crippen molar-refractivity contribution in [2.75, 3.05) is 10.0 Å². The zero-order valence-electron chi connectivity index (χ0n) is 15.2. The molecule has 3 aromatic rings. The highest BCUT2D eigenvalue weighted by atomic mass is 32.2. The van der Waals surface area contributed by atoms with Crippen LogP contribution in [0, 0.1) is 13.8 Å². The van der Waals surface area contributed by atoms with Gasteiger partial charge >= 0.3 is 0 Å². The van der Waals surface area contributed by atoms with Gasteiger partial charge in [0.05, 0.1) is 22.8 Å². The third-order valence-corrected chi connectivity index (χ3v) is 6.75. The van der Waals surface area contributed by atoms with Gasteiger partial charge in [0.15, 0.2) is 11.2 Å². The minimum absolute atomic E-state index is 0.118. The number of thiazole rings is 1. The molecule has 1 unspecified atom stereocenters. The number of anilines is 2. The molecular formula is C17H17N5O4S2. The fourth-order valence-corrected chi connectivity index (χ4v) is 5.27. The second-order valence-electron chi connectivity index (χ2n) is 6.37. The molecule has 1 amide bonds. The number of nitrogens with zero attached hydrogens (tertiary/aromatic N) is 2. The van der Waals surface area contributed by atoms with E-state index in [2.05, 4.69) is 25.2 Å². The van der Waals surface area contributed by atoms with Crippen molar-refractivity contribution in [3.8, 4) is 17.0 Å². The van der Waals surface area contributed by atoms with Crippen LogP contribution in [-0.2, 0) is 14.8 Å². The third kappa shape index (κ3) is 3.22. The molecular weight excluding hydrogens is 402 g/mol. The van der Waals surface area contributed by atoms with Crippen molar-refractivity contribution in [3.63, 3.8) is 0 Å². The molecule has 1 aromatic carbocycles. The molecule has 1 atom stereocenters. The van der Waals surface area contributed by atoms with Gasteiger partial charge in [-0.2, -0.15) is 5.10 Å². The minimum Gasteiger partial charge on any atom is -0.479 e. The fraction of sp³-hybridized carbons (Fsp3) is 0.235. The largest absolute Gasteiger partial charge is 0.479 e. The number of benzene rings is 1. The van der Waals surface area contributed by atoms with Gasteiger partial charge in [-0.1, -0.05) is 0 Å². The molecule has 0 aliphatic carbocycles. The Kier molecular flexibility index (Phi) is 4.35. The first kappa shape index (κ1) is 18.4. The number of sulfonamides is 1. The van der Waals surface area contributed by atoms with Crippen LogP contribution in [0.4, 0.5) is 10.8 Å². The lowest BCUT2D eigenvalue weighted by Gasteiger charge is -2.23. The van der Waals surface area contributed by atoms with Crippen LogP contribution in [0.5, 0.6) is 5.75 Å². The van der Waals surface area contributed by atoms with Crippen molar-refractivity contribution in [1.29, 1.82) is 0 Å². The highest BCUT2D eigenvalue weighted by molar-refractivity contribution is 7.93. The first-order valence-electron chi connectivity index (χ1n) is 8.36. The van der Waals surface area contributed by atoms with Crippen LogP contribution in [0.1, 0.15) is 18.3 Å².